The Morgan fingerprint density at radius 2 is 2.08 bits per heavy atom. The van der Waals surface area contributed by atoms with E-state index in [1.54, 1.807) is 18.2 Å². The van der Waals surface area contributed by atoms with Crippen molar-refractivity contribution in [1.82, 2.24) is 0 Å². The smallest absolute Gasteiger partial charge is 0.340 e. The highest BCUT2D eigenvalue weighted by Gasteiger charge is 2.41. The molecular weight excluding hydrogens is 353 g/mol. The fourth-order valence-corrected chi connectivity index (χ4v) is 3.63. The molecular formula is C17H15Cl2NO4. The maximum absolute atomic E-state index is 12.5. The van der Waals surface area contributed by atoms with E-state index in [0.717, 1.165) is 0 Å². The molecule has 1 aliphatic heterocycles. The van der Waals surface area contributed by atoms with Crippen molar-refractivity contribution in [2.45, 2.75) is 25.2 Å². The zero-order valence-electron chi connectivity index (χ0n) is 12.9. The lowest BCUT2D eigenvalue weighted by atomic mass is 9.77. The number of esters is 1. The number of hydrogen-bond acceptors (Lipinski definition) is 5. The van der Waals surface area contributed by atoms with Gasteiger partial charge in [-0.3, -0.25) is 4.79 Å². The summed E-state index contributed by atoms with van der Waals surface area (Å²) in [5.74, 6) is -1.04. The highest BCUT2D eigenvalue weighted by atomic mass is 35.5. The Balaban J connectivity index is 2.23. The molecule has 0 bridgehead atoms. The second-order valence-electron chi connectivity index (χ2n) is 5.58. The second kappa shape index (κ2) is 6.49. The van der Waals surface area contributed by atoms with Gasteiger partial charge < -0.3 is 15.2 Å². The van der Waals surface area contributed by atoms with Crippen LogP contribution in [0.15, 0.2) is 41.0 Å². The quantitative estimate of drug-likeness (QED) is 0.809. The lowest BCUT2D eigenvalue weighted by Crippen LogP contribution is -2.31. The molecule has 24 heavy (non-hydrogen) atoms. The van der Waals surface area contributed by atoms with Crippen LogP contribution in [-0.4, -0.2) is 18.9 Å². The topological polar surface area (TPSA) is 78.6 Å². The molecule has 1 aliphatic carbocycles. The summed E-state index contributed by atoms with van der Waals surface area (Å²) >= 11 is 12.3. The van der Waals surface area contributed by atoms with Crippen LogP contribution in [0.5, 0.6) is 0 Å². The highest BCUT2D eigenvalue weighted by molar-refractivity contribution is 6.35. The largest absolute Gasteiger partial charge is 0.465 e. The standard InChI is InChI=1S/C17H15Cl2NO4/c1-23-17(22)15-13(9-6-5-8(18)7-10(9)19)14-11(21)3-2-4-12(14)24-16(15)20/h5-7,13H,2-4,20H2,1H3/t13-/m0/s1. The zero-order chi connectivity index (χ0) is 17.4. The molecule has 0 unspecified atom stereocenters. The van der Waals surface area contributed by atoms with Crippen molar-refractivity contribution >= 4 is 35.0 Å². The van der Waals surface area contributed by atoms with E-state index in [9.17, 15) is 9.59 Å². The molecule has 1 aromatic carbocycles. The number of carbonyl (C=O) groups is 2. The van der Waals surface area contributed by atoms with Gasteiger partial charge in [0.15, 0.2) is 5.78 Å². The van der Waals surface area contributed by atoms with Gasteiger partial charge in [0.2, 0.25) is 5.88 Å². The second-order valence-corrected chi connectivity index (χ2v) is 6.43. The number of hydrogen-bond donors (Lipinski definition) is 1. The van der Waals surface area contributed by atoms with Gasteiger partial charge in [-0.1, -0.05) is 29.3 Å². The summed E-state index contributed by atoms with van der Waals surface area (Å²) < 4.78 is 10.4. The first-order chi connectivity index (χ1) is 11.4. The van der Waals surface area contributed by atoms with Gasteiger partial charge >= 0.3 is 5.97 Å². The molecule has 5 nitrogen and oxygen atoms in total. The number of ketones is 1. The third-order valence-electron chi connectivity index (χ3n) is 4.16. The average molecular weight is 368 g/mol. The van der Waals surface area contributed by atoms with Crippen LogP contribution >= 0.6 is 23.2 Å². The van der Waals surface area contributed by atoms with Crippen molar-refractivity contribution in [3.8, 4) is 0 Å². The van der Waals surface area contributed by atoms with Crippen LogP contribution in [0.3, 0.4) is 0 Å². The Bertz CT molecular complexity index is 798. The Morgan fingerprint density at radius 3 is 2.75 bits per heavy atom. The maximum atomic E-state index is 12.5. The van der Waals surface area contributed by atoms with Gasteiger partial charge in [0.05, 0.1) is 13.0 Å². The summed E-state index contributed by atoms with van der Waals surface area (Å²) in [6.45, 7) is 0. The average Bonchev–Trinajstić information content (AvgIpc) is 2.53. The summed E-state index contributed by atoms with van der Waals surface area (Å²) in [6, 6.07) is 4.90. The summed E-state index contributed by atoms with van der Waals surface area (Å²) in [4.78, 5) is 24.8. The molecule has 1 atom stereocenters. The Labute approximate surface area is 149 Å². The molecule has 1 heterocycles. The fourth-order valence-electron chi connectivity index (χ4n) is 3.11. The molecule has 0 saturated carbocycles. The van der Waals surface area contributed by atoms with Crippen molar-refractivity contribution in [2.24, 2.45) is 5.73 Å². The number of carbonyl (C=O) groups excluding carboxylic acids is 2. The summed E-state index contributed by atoms with van der Waals surface area (Å²) in [6.07, 6.45) is 1.65. The van der Waals surface area contributed by atoms with Gasteiger partial charge in [0, 0.05) is 28.5 Å². The molecule has 7 heteroatoms. The van der Waals surface area contributed by atoms with E-state index in [-0.39, 0.29) is 17.2 Å². The van der Waals surface area contributed by atoms with E-state index in [1.165, 1.54) is 7.11 Å². The number of Topliss-reactive ketones (excluding diaryl/α,β-unsaturated/α-hetero) is 1. The van der Waals surface area contributed by atoms with Gasteiger partial charge in [-0.2, -0.15) is 0 Å². The Morgan fingerprint density at radius 1 is 1.33 bits per heavy atom. The van der Waals surface area contributed by atoms with Crippen LogP contribution in [0.25, 0.3) is 0 Å². The van der Waals surface area contributed by atoms with E-state index >= 15 is 0 Å². The van der Waals surface area contributed by atoms with Crippen LogP contribution in [0.1, 0.15) is 30.7 Å². The molecule has 2 N–H and O–H groups in total. The molecule has 3 rings (SSSR count). The summed E-state index contributed by atoms with van der Waals surface area (Å²) in [5.41, 5.74) is 7.02. The third-order valence-corrected chi connectivity index (χ3v) is 4.73. The zero-order valence-corrected chi connectivity index (χ0v) is 14.4. The lowest BCUT2D eigenvalue weighted by molar-refractivity contribution is -0.136. The Kier molecular flexibility index (Phi) is 4.56. The lowest BCUT2D eigenvalue weighted by Gasteiger charge is -2.32. The van der Waals surface area contributed by atoms with E-state index in [0.29, 0.717) is 46.2 Å². The van der Waals surface area contributed by atoms with Crippen molar-refractivity contribution in [3.05, 3.63) is 56.6 Å². The third kappa shape index (κ3) is 2.78. The van der Waals surface area contributed by atoms with Gasteiger partial charge in [0.25, 0.3) is 0 Å². The SMILES string of the molecule is COC(=O)C1=C(N)OC2=C(C(=O)CCC2)[C@@H]1c1ccc(Cl)cc1Cl. The fraction of sp³-hybridized carbons (Fsp3) is 0.294. The molecule has 0 spiro atoms. The number of halogens is 2. The molecule has 0 radical (unpaired) electrons. The minimum absolute atomic E-state index is 0.0636. The number of allylic oxidation sites excluding steroid dienone is 2. The van der Waals surface area contributed by atoms with Crippen LogP contribution in [0.2, 0.25) is 10.0 Å². The van der Waals surface area contributed by atoms with Gasteiger partial charge in [-0.05, 0) is 24.1 Å². The van der Waals surface area contributed by atoms with Crippen LogP contribution < -0.4 is 5.73 Å². The minimum Gasteiger partial charge on any atom is -0.465 e. The van der Waals surface area contributed by atoms with Gasteiger partial charge in [-0.15, -0.1) is 0 Å². The summed E-state index contributed by atoms with van der Waals surface area (Å²) in [5, 5.41) is 0.797. The van der Waals surface area contributed by atoms with E-state index in [4.69, 9.17) is 38.4 Å². The number of ether oxygens (including phenoxy) is 2. The monoisotopic (exact) mass is 367 g/mol. The first-order valence-corrected chi connectivity index (χ1v) is 8.16. The highest BCUT2D eigenvalue weighted by Crippen LogP contribution is 2.46. The first kappa shape index (κ1) is 16.9. The van der Waals surface area contributed by atoms with Crippen molar-refractivity contribution < 1.29 is 19.1 Å². The molecule has 0 aromatic heterocycles. The molecule has 1 aromatic rings. The van der Waals surface area contributed by atoms with Gasteiger partial charge in [-0.25, -0.2) is 4.79 Å². The van der Waals surface area contributed by atoms with Crippen molar-refractivity contribution in [2.75, 3.05) is 7.11 Å². The predicted molar refractivity (Wildman–Crippen MR) is 89.4 cm³/mol. The van der Waals surface area contributed by atoms with Crippen molar-refractivity contribution in [3.63, 3.8) is 0 Å². The molecule has 0 fully saturated rings. The van der Waals surface area contributed by atoms with Crippen molar-refractivity contribution in [1.29, 1.82) is 0 Å². The number of rotatable bonds is 2. The van der Waals surface area contributed by atoms with E-state index < -0.39 is 11.9 Å². The summed E-state index contributed by atoms with van der Waals surface area (Å²) in [7, 11) is 1.25. The number of nitrogens with two attached hydrogens (primary N) is 1. The number of benzene rings is 1. The molecule has 0 saturated heterocycles. The minimum atomic E-state index is -0.723. The molecule has 126 valence electrons. The molecule has 0 amide bonds. The van der Waals surface area contributed by atoms with Crippen LogP contribution in [-0.2, 0) is 19.1 Å². The normalized spacial score (nSPS) is 20.6. The predicted octanol–water partition coefficient (Wildman–Crippen LogP) is 3.46. The maximum Gasteiger partial charge on any atom is 0.340 e. The molecule has 2 aliphatic rings. The first-order valence-electron chi connectivity index (χ1n) is 7.41. The van der Waals surface area contributed by atoms with Crippen LogP contribution in [0, 0.1) is 0 Å². The Hall–Kier alpha value is -1.98. The van der Waals surface area contributed by atoms with Gasteiger partial charge in [0.1, 0.15) is 11.3 Å². The van der Waals surface area contributed by atoms with E-state index in [1.807, 2.05) is 0 Å². The number of methoxy groups -OCH3 is 1. The van der Waals surface area contributed by atoms with Crippen LogP contribution in [0.4, 0.5) is 0 Å². The van der Waals surface area contributed by atoms with E-state index in [2.05, 4.69) is 0 Å².